The molecule has 0 aliphatic rings. The molecule has 108 valence electrons. The predicted octanol–water partition coefficient (Wildman–Crippen LogP) is 3.83. The number of hydrogen-bond donors (Lipinski definition) is 2. The van der Waals surface area contributed by atoms with Crippen LogP contribution >= 0.6 is 11.6 Å². The molecule has 0 aromatic heterocycles. The molecule has 0 fully saturated rings. The summed E-state index contributed by atoms with van der Waals surface area (Å²) < 4.78 is 13.8. The predicted molar refractivity (Wildman–Crippen MR) is 74.7 cm³/mol. The van der Waals surface area contributed by atoms with Crippen LogP contribution in [0.1, 0.15) is 10.4 Å². The average Bonchev–Trinajstić information content (AvgIpc) is 2.43. The zero-order chi connectivity index (χ0) is 15.6. The lowest BCUT2D eigenvalue weighted by Crippen LogP contribution is -2.02. The summed E-state index contributed by atoms with van der Waals surface area (Å²) in [5, 5.41) is 22.2. The quantitative estimate of drug-likeness (QED) is 0.661. The van der Waals surface area contributed by atoms with Crippen molar-refractivity contribution in [2.45, 2.75) is 0 Å². The van der Waals surface area contributed by atoms with Gasteiger partial charge in [0.2, 0.25) is 0 Å². The summed E-state index contributed by atoms with van der Waals surface area (Å²) in [5.74, 6) is -2.05. The van der Waals surface area contributed by atoms with Gasteiger partial charge in [0.1, 0.15) is 5.69 Å². The zero-order valence-corrected chi connectivity index (χ0v) is 11.1. The molecule has 0 saturated heterocycles. The Morgan fingerprint density at radius 1 is 1.29 bits per heavy atom. The van der Waals surface area contributed by atoms with Crippen LogP contribution in [0, 0.1) is 15.9 Å². The highest BCUT2D eigenvalue weighted by Crippen LogP contribution is 2.31. The second-order valence-electron chi connectivity index (χ2n) is 4.02. The zero-order valence-electron chi connectivity index (χ0n) is 10.3. The normalized spacial score (nSPS) is 10.2. The van der Waals surface area contributed by atoms with E-state index >= 15 is 0 Å². The number of carbonyl (C=O) groups is 1. The standard InChI is InChI=1S/C13H8ClFN2O4/c14-8-2-1-3-10(12(8)15)16-9-5-4-7(13(18)19)6-11(9)17(20)21/h1-6,16H,(H,18,19). The van der Waals surface area contributed by atoms with Crippen LogP contribution in [0.5, 0.6) is 0 Å². The monoisotopic (exact) mass is 310 g/mol. The van der Waals surface area contributed by atoms with E-state index in [0.29, 0.717) is 0 Å². The van der Waals surface area contributed by atoms with Crippen molar-refractivity contribution in [3.05, 3.63) is 62.9 Å². The maximum absolute atomic E-state index is 13.8. The van der Waals surface area contributed by atoms with Crippen molar-refractivity contribution < 1.29 is 19.2 Å². The van der Waals surface area contributed by atoms with Crippen molar-refractivity contribution in [1.82, 2.24) is 0 Å². The summed E-state index contributed by atoms with van der Waals surface area (Å²) >= 11 is 5.62. The minimum absolute atomic E-state index is 0.0360. The minimum atomic E-state index is -1.29. The van der Waals surface area contributed by atoms with E-state index in [0.717, 1.165) is 6.07 Å². The fraction of sp³-hybridized carbons (Fsp3) is 0. The van der Waals surface area contributed by atoms with Crippen molar-refractivity contribution in [2.24, 2.45) is 0 Å². The first-order valence-corrected chi connectivity index (χ1v) is 6.00. The van der Waals surface area contributed by atoms with Gasteiger partial charge in [0.25, 0.3) is 5.69 Å². The molecule has 0 aliphatic carbocycles. The van der Waals surface area contributed by atoms with E-state index in [1.165, 1.54) is 30.3 Å². The van der Waals surface area contributed by atoms with Crippen LogP contribution < -0.4 is 5.32 Å². The lowest BCUT2D eigenvalue weighted by atomic mass is 10.1. The van der Waals surface area contributed by atoms with E-state index in [1.54, 1.807) is 0 Å². The Bertz CT molecular complexity index is 736. The highest BCUT2D eigenvalue weighted by atomic mass is 35.5. The molecule has 0 radical (unpaired) electrons. The molecule has 0 aliphatic heterocycles. The number of carboxylic acids is 1. The molecular weight excluding hydrogens is 303 g/mol. The average molecular weight is 311 g/mol. The number of carboxylic acid groups (broad SMARTS) is 1. The van der Waals surface area contributed by atoms with Crippen LogP contribution in [-0.2, 0) is 0 Å². The molecule has 8 heteroatoms. The van der Waals surface area contributed by atoms with Gasteiger partial charge in [0.15, 0.2) is 5.82 Å². The number of aromatic carboxylic acids is 1. The number of nitrogens with zero attached hydrogens (tertiary/aromatic N) is 1. The van der Waals surface area contributed by atoms with Crippen LogP contribution in [0.4, 0.5) is 21.5 Å². The maximum Gasteiger partial charge on any atom is 0.335 e. The summed E-state index contributed by atoms with van der Waals surface area (Å²) in [6, 6.07) is 7.44. The number of hydrogen-bond acceptors (Lipinski definition) is 4. The number of nitro benzene ring substituents is 1. The Labute approximate surface area is 122 Å². The molecule has 0 amide bonds. The van der Waals surface area contributed by atoms with Crippen molar-refractivity contribution >= 4 is 34.6 Å². The Morgan fingerprint density at radius 3 is 2.62 bits per heavy atom. The molecule has 0 heterocycles. The highest BCUT2D eigenvalue weighted by Gasteiger charge is 2.18. The van der Waals surface area contributed by atoms with Crippen molar-refractivity contribution in [3.63, 3.8) is 0 Å². The summed E-state index contributed by atoms with van der Waals surface area (Å²) in [7, 11) is 0. The Morgan fingerprint density at radius 2 is 2.00 bits per heavy atom. The molecule has 2 rings (SSSR count). The Kier molecular flexibility index (Phi) is 4.04. The van der Waals surface area contributed by atoms with Crippen LogP contribution in [-0.4, -0.2) is 16.0 Å². The molecule has 21 heavy (non-hydrogen) atoms. The number of anilines is 2. The van der Waals surface area contributed by atoms with Gasteiger partial charge in [-0.05, 0) is 24.3 Å². The third-order valence-electron chi connectivity index (χ3n) is 2.66. The van der Waals surface area contributed by atoms with Gasteiger partial charge >= 0.3 is 5.97 Å². The lowest BCUT2D eigenvalue weighted by molar-refractivity contribution is -0.383. The van der Waals surface area contributed by atoms with Gasteiger partial charge in [-0.3, -0.25) is 10.1 Å². The molecule has 2 aromatic rings. The largest absolute Gasteiger partial charge is 0.478 e. The van der Waals surface area contributed by atoms with Crippen molar-refractivity contribution in [2.75, 3.05) is 5.32 Å². The smallest absolute Gasteiger partial charge is 0.335 e. The van der Waals surface area contributed by atoms with Gasteiger partial charge in [-0.25, -0.2) is 9.18 Å². The first-order valence-electron chi connectivity index (χ1n) is 5.63. The van der Waals surface area contributed by atoms with Crippen LogP contribution in [0.25, 0.3) is 0 Å². The molecule has 0 bridgehead atoms. The van der Waals surface area contributed by atoms with Gasteiger partial charge < -0.3 is 10.4 Å². The second-order valence-corrected chi connectivity index (χ2v) is 4.43. The number of benzene rings is 2. The van der Waals surface area contributed by atoms with Crippen LogP contribution in [0.15, 0.2) is 36.4 Å². The summed E-state index contributed by atoms with van der Waals surface area (Å²) in [6.07, 6.45) is 0. The minimum Gasteiger partial charge on any atom is -0.478 e. The topological polar surface area (TPSA) is 92.5 Å². The molecule has 2 aromatic carbocycles. The SMILES string of the molecule is O=C(O)c1ccc(Nc2cccc(Cl)c2F)c([N+](=O)[O-])c1. The Balaban J connectivity index is 2.46. The van der Waals surface area contributed by atoms with Gasteiger partial charge in [-0.2, -0.15) is 0 Å². The lowest BCUT2D eigenvalue weighted by Gasteiger charge is -2.09. The third-order valence-corrected chi connectivity index (χ3v) is 2.95. The number of rotatable bonds is 4. The maximum atomic E-state index is 13.8. The van der Waals surface area contributed by atoms with Crippen molar-refractivity contribution in [1.29, 1.82) is 0 Å². The number of nitrogens with one attached hydrogen (secondary N) is 1. The van der Waals surface area contributed by atoms with E-state index in [9.17, 15) is 19.3 Å². The highest BCUT2D eigenvalue weighted by molar-refractivity contribution is 6.31. The van der Waals surface area contributed by atoms with Crippen LogP contribution in [0.3, 0.4) is 0 Å². The molecule has 2 N–H and O–H groups in total. The summed E-state index contributed by atoms with van der Waals surface area (Å²) in [5.41, 5.74) is -0.798. The number of halogens is 2. The van der Waals surface area contributed by atoms with Gasteiger partial charge in [0, 0.05) is 6.07 Å². The van der Waals surface area contributed by atoms with Gasteiger partial charge in [-0.15, -0.1) is 0 Å². The molecule has 6 nitrogen and oxygen atoms in total. The second kappa shape index (κ2) is 5.76. The summed E-state index contributed by atoms with van der Waals surface area (Å²) in [6.45, 7) is 0. The van der Waals surface area contributed by atoms with E-state index < -0.39 is 22.4 Å². The van der Waals surface area contributed by atoms with Crippen molar-refractivity contribution in [3.8, 4) is 0 Å². The molecule has 0 spiro atoms. The van der Waals surface area contributed by atoms with Gasteiger partial charge in [0.05, 0.1) is 21.2 Å². The van der Waals surface area contributed by atoms with E-state index in [1.807, 2.05) is 0 Å². The fourth-order valence-corrected chi connectivity index (χ4v) is 1.84. The molecule has 0 saturated carbocycles. The first-order chi connectivity index (χ1) is 9.90. The third kappa shape index (κ3) is 3.09. The Hall–Kier alpha value is -2.67. The number of nitro groups is 1. The van der Waals surface area contributed by atoms with Crippen LogP contribution in [0.2, 0.25) is 5.02 Å². The first kappa shape index (κ1) is 14.7. The van der Waals surface area contributed by atoms with Gasteiger partial charge in [-0.1, -0.05) is 17.7 Å². The van der Waals surface area contributed by atoms with E-state index in [-0.39, 0.29) is 22.0 Å². The summed E-state index contributed by atoms with van der Waals surface area (Å²) in [4.78, 5) is 21.1. The molecular formula is C13H8ClFN2O4. The molecule has 0 atom stereocenters. The fourth-order valence-electron chi connectivity index (χ4n) is 1.67. The molecule has 0 unspecified atom stereocenters. The van der Waals surface area contributed by atoms with E-state index in [4.69, 9.17) is 16.7 Å². The van der Waals surface area contributed by atoms with E-state index in [2.05, 4.69) is 5.32 Å².